The normalized spacial score (nSPS) is 10.5. The van der Waals surface area contributed by atoms with Crippen molar-refractivity contribution in [3.8, 4) is 11.4 Å². The number of non-ortho nitro benzene ring substituents is 1. The first kappa shape index (κ1) is 24.0. The Morgan fingerprint density at radius 1 is 1.24 bits per heavy atom. The number of hydrogen-bond donors (Lipinski definition) is 1. The summed E-state index contributed by atoms with van der Waals surface area (Å²) in [6.07, 6.45) is 2.71. The van der Waals surface area contributed by atoms with Gasteiger partial charge in [-0.3, -0.25) is 14.9 Å². The molecule has 0 unspecified atom stereocenters. The smallest absolute Gasteiger partial charge is 0.362 e. The van der Waals surface area contributed by atoms with Crippen LogP contribution in [0.25, 0.3) is 5.69 Å². The number of nitro benzene ring substituents is 1. The zero-order valence-electron chi connectivity index (χ0n) is 17.4. The monoisotopic (exact) mass is 493 g/mol. The van der Waals surface area contributed by atoms with Gasteiger partial charge in [-0.15, -0.1) is 0 Å². The molecule has 2 heterocycles. The lowest BCUT2D eigenvalue weighted by Crippen LogP contribution is -2.21. The van der Waals surface area contributed by atoms with E-state index in [0.717, 1.165) is 0 Å². The van der Waals surface area contributed by atoms with Crippen LogP contribution >= 0.6 is 23.2 Å². The number of nitro groups is 1. The summed E-state index contributed by atoms with van der Waals surface area (Å²) in [4.78, 5) is 38.9. The van der Waals surface area contributed by atoms with E-state index in [0.29, 0.717) is 16.3 Å². The molecule has 0 aliphatic carbocycles. The summed E-state index contributed by atoms with van der Waals surface area (Å²) in [6, 6.07) is 5.49. The zero-order valence-corrected chi connectivity index (χ0v) is 18.9. The summed E-state index contributed by atoms with van der Waals surface area (Å²) >= 11 is 12.1. The van der Waals surface area contributed by atoms with Crippen LogP contribution in [0.2, 0.25) is 10.0 Å². The topological polar surface area (TPSA) is 138 Å². The van der Waals surface area contributed by atoms with Gasteiger partial charge in [-0.1, -0.05) is 23.2 Å². The summed E-state index contributed by atoms with van der Waals surface area (Å²) in [5.74, 6) is -1.26. The molecule has 13 heteroatoms. The molecule has 11 nitrogen and oxygen atoms in total. The van der Waals surface area contributed by atoms with Crippen molar-refractivity contribution in [3.05, 3.63) is 68.1 Å². The van der Waals surface area contributed by atoms with Crippen LogP contribution in [0.1, 0.15) is 23.0 Å². The van der Waals surface area contributed by atoms with Gasteiger partial charge in [0, 0.05) is 18.3 Å². The lowest BCUT2D eigenvalue weighted by Gasteiger charge is -2.09. The molecule has 0 saturated heterocycles. The van der Waals surface area contributed by atoms with Gasteiger partial charge in [-0.05, 0) is 31.5 Å². The SMILES string of the molecule is CCOC(=O)c1nn(-c2ccc([N+](=O)[O-])cc2)cc1OCC(=O)Nc1ncc(Cl)c(C)c1Cl. The molecule has 3 aromatic rings. The molecule has 0 radical (unpaired) electrons. The lowest BCUT2D eigenvalue weighted by molar-refractivity contribution is -0.384. The lowest BCUT2D eigenvalue weighted by atomic mass is 10.3. The van der Waals surface area contributed by atoms with Crippen LogP contribution in [-0.4, -0.2) is 44.8 Å². The van der Waals surface area contributed by atoms with Crippen LogP contribution in [0.5, 0.6) is 5.75 Å². The van der Waals surface area contributed by atoms with E-state index in [2.05, 4.69) is 15.4 Å². The number of aromatic nitrogens is 3. The van der Waals surface area contributed by atoms with Gasteiger partial charge in [0.05, 0.1) is 33.5 Å². The molecule has 1 aromatic carbocycles. The number of benzene rings is 1. The van der Waals surface area contributed by atoms with Gasteiger partial charge in [-0.25, -0.2) is 14.5 Å². The number of nitrogens with zero attached hydrogens (tertiary/aromatic N) is 4. The Morgan fingerprint density at radius 2 is 1.94 bits per heavy atom. The summed E-state index contributed by atoms with van der Waals surface area (Å²) < 4.78 is 11.8. The third-order valence-corrected chi connectivity index (χ3v) is 5.14. The Bertz CT molecular complexity index is 1210. The van der Waals surface area contributed by atoms with Gasteiger partial charge in [0.15, 0.2) is 18.2 Å². The molecule has 0 fully saturated rings. The van der Waals surface area contributed by atoms with Crippen molar-refractivity contribution in [2.45, 2.75) is 13.8 Å². The number of nitrogens with one attached hydrogen (secondary N) is 1. The number of rotatable bonds is 8. The van der Waals surface area contributed by atoms with Gasteiger partial charge in [-0.2, -0.15) is 5.10 Å². The van der Waals surface area contributed by atoms with E-state index in [9.17, 15) is 19.7 Å². The van der Waals surface area contributed by atoms with Gasteiger partial charge in [0.1, 0.15) is 0 Å². The molecule has 1 amide bonds. The minimum absolute atomic E-state index is 0.0201. The first-order valence-electron chi connectivity index (χ1n) is 9.46. The number of carbonyl (C=O) groups excluding carboxylic acids is 2. The molecule has 33 heavy (non-hydrogen) atoms. The zero-order chi connectivity index (χ0) is 24.1. The van der Waals surface area contributed by atoms with Crippen LogP contribution in [-0.2, 0) is 9.53 Å². The van der Waals surface area contributed by atoms with Crippen LogP contribution in [0, 0.1) is 17.0 Å². The average molecular weight is 494 g/mol. The minimum atomic E-state index is -0.758. The highest BCUT2D eigenvalue weighted by atomic mass is 35.5. The highest BCUT2D eigenvalue weighted by Gasteiger charge is 2.22. The van der Waals surface area contributed by atoms with Crippen molar-refractivity contribution < 1.29 is 24.0 Å². The van der Waals surface area contributed by atoms with E-state index in [1.165, 1.54) is 41.3 Å². The number of halogens is 2. The number of esters is 1. The second kappa shape index (κ2) is 10.3. The summed E-state index contributed by atoms with van der Waals surface area (Å²) in [5, 5.41) is 18.0. The molecule has 0 spiro atoms. The van der Waals surface area contributed by atoms with Crippen molar-refractivity contribution in [2.75, 3.05) is 18.5 Å². The average Bonchev–Trinajstić information content (AvgIpc) is 3.23. The summed E-state index contributed by atoms with van der Waals surface area (Å²) in [7, 11) is 0. The molecule has 1 N–H and O–H groups in total. The number of amides is 1. The molecular weight excluding hydrogens is 477 g/mol. The van der Waals surface area contributed by atoms with E-state index in [1.54, 1.807) is 13.8 Å². The van der Waals surface area contributed by atoms with Crippen LogP contribution in [0.4, 0.5) is 11.5 Å². The van der Waals surface area contributed by atoms with E-state index >= 15 is 0 Å². The number of hydrogen-bond acceptors (Lipinski definition) is 8. The van der Waals surface area contributed by atoms with Crippen molar-refractivity contribution in [1.82, 2.24) is 14.8 Å². The molecule has 3 rings (SSSR count). The van der Waals surface area contributed by atoms with Gasteiger partial charge in [0.2, 0.25) is 5.69 Å². The number of ether oxygens (including phenoxy) is 2. The maximum Gasteiger partial charge on any atom is 0.362 e. The highest BCUT2D eigenvalue weighted by Crippen LogP contribution is 2.28. The van der Waals surface area contributed by atoms with Gasteiger partial charge in [0.25, 0.3) is 11.6 Å². The predicted octanol–water partition coefficient (Wildman–Crippen LogP) is 3.98. The number of anilines is 1. The Hall–Kier alpha value is -3.70. The molecule has 172 valence electrons. The van der Waals surface area contributed by atoms with E-state index in [4.69, 9.17) is 32.7 Å². The summed E-state index contributed by atoms with van der Waals surface area (Å²) in [6.45, 7) is 2.92. The van der Waals surface area contributed by atoms with E-state index in [-0.39, 0.29) is 34.6 Å². The molecular formula is C20H17Cl2N5O6. The molecule has 2 aromatic heterocycles. The van der Waals surface area contributed by atoms with Crippen molar-refractivity contribution in [3.63, 3.8) is 0 Å². The molecule has 0 bridgehead atoms. The third-order valence-electron chi connectivity index (χ3n) is 4.29. The molecule has 0 aliphatic heterocycles. The van der Waals surface area contributed by atoms with E-state index in [1.807, 2.05) is 0 Å². The largest absolute Gasteiger partial charge is 0.480 e. The minimum Gasteiger partial charge on any atom is -0.480 e. The number of carbonyl (C=O) groups is 2. The Balaban J connectivity index is 1.79. The maximum atomic E-state index is 12.3. The highest BCUT2D eigenvalue weighted by molar-refractivity contribution is 6.37. The predicted molar refractivity (Wildman–Crippen MR) is 119 cm³/mol. The first-order valence-corrected chi connectivity index (χ1v) is 10.2. The fourth-order valence-electron chi connectivity index (χ4n) is 2.62. The maximum absolute atomic E-state index is 12.3. The second-order valence-electron chi connectivity index (χ2n) is 6.51. The van der Waals surface area contributed by atoms with Gasteiger partial charge < -0.3 is 14.8 Å². The van der Waals surface area contributed by atoms with Crippen LogP contribution in [0.3, 0.4) is 0 Å². The standard InChI is InChI=1S/C20H17Cl2N5O6/c1-3-32-20(29)18-15(9-26(25-18)12-4-6-13(7-5-12)27(30)31)33-10-16(28)24-19-17(22)11(2)14(21)8-23-19/h4-9H,3,10H2,1-2H3,(H,23,24,28). The summed E-state index contributed by atoms with van der Waals surface area (Å²) in [5.41, 5.74) is 0.715. The Labute approximate surface area is 197 Å². The quantitative estimate of drug-likeness (QED) is 0.282. The first-order chi connectivity index (χ1) is 15.7. The molecule has 0 atom stereocenters. The van der Waals surface area contributed by atoms with Crippen LogP contribution < -0.4 is 10.1 Å². The molecule has 0 saturated carbocycles. The van der Waals surface area contributed by atoms with Gasteiger partial charge >= 0.3 is 5.97 Å². The van der Waals surface area contributed by atoms with Crippen molar-refractivity contribution >= 4 is 46.6 Å². The van der Waals surface area contributed by atoms with Crippen LogP contribution in [0.15, 0.2) is 36.7 Å². The molecule has 0 aliphatic rings. The van der Waals surface area contributed by atoms with Crippen molar-refractivity contribution in [1.29, 1.82) is 0 Å². The number of pyridine rings is 1. The van der Waals surface area contributed by atoms with E-state index < -0.39 is 23.4 Å². The third kappa shape index (κ3) is 5.57. The second-order valence-corrected chi connectivity index (χ2v) is 7.30. The fraction of sp³-hybridized carbons (Fsp3) is 0.200. The fourth-order valence-corrected chi connectivity index (χ4v) is 3.01. The van der Waals surface area contributed by atoms with Crippen molar-refractivity contribution in [2.24, 2.45) is 0 Å². The Morgan fingerprint density at radius 3 is 2.58 bits per heavy atom. The Kier molecular flexibility index (Phi) is 7.46.